The van der Waals surface area contributed by atoms with Crippen molar-refractivity contribution in [2.45, 2.75) is 52.2 Å². The Bertz CT molecular complexity index is 1030. The lowest BCUT2D eigenvalue weighted by Gasteiger charge is -2.40. The second-order valence-corrected chi connectivity index (χ2v) is 8.26. The van der Waals surface area contributed by atoms with Gasteiger partial charge in [0, 0.05) is 42.9 Å². The molecule has 6 nitrogen and oxygen atoms in total. The smallest absolute Gasteiger partial charge is 0.341 e. The Hall–Kier alpha value is -2.41. The predicted molar refractivity (Wildman–Crippen MR) is 110 cm³/mol. The number of hydrogen-bond donors (Lipinski definition) is 1. The van der Waals surface area contributed by atoms with Crippen molar-refractivity contribution in [1.82, 2.24) is 4.57 Å². The van der Waals surface area contributed by atoms with Gasteiger partial charge in [-0.05, 0) is 45.1 Å². The van der Waals surface area contributed by atoms with E-state index in [-0.39, 0.29) is 29.0 Å². The van der Waals surface area contributed by atoms with Crippen LogP contribution < -0.4 is 10.3 Å². The number of piperidine rings is 1. The Morgan fingerprint density at radius 3 is 2.76 bits per heavy atom. The lowest BCUT2D eigenvalue weighted by molar-refractivity contribution is 0.0134. The molecule has 0 bridgehead atoms. The van der Waals surface area contributed by atoms with Gasteiger partial charge in [-0.1, -0.05) is 6.92 Å². The molecule has 2 aliphatic heterocycles. The first-order chi connectivity index (χ1) is 13.8. The number of ether oxygens (including phenoxy) is 1. The number of carboxylic acids is 1. The molecule has 2 unspecified atom stereocenters. The van der Waals surface area contributed by atoms with Crippen LogP contribution in [0.25, 0.3) is 10.9 Å². The van der Waals surface area contributed by atoms with Gasteiger partial charge in [0.05, 0.1) is 17.3 Å². The summed E-state index contributed by atoms with van der Waals surface area (Å²) in [6, 6.07) is 1.28. The quantitative estimate of drug-likeness (QED) is 0.846. The van der Waals surface area contributed by atoms with E-state index in [1.807, 2.05) is 18.4 Å². The molecule has 0 amide bonds. The van der Waals surface area contributed by atoms with Crippen molar-refractivity contribution >= 4 is 22.6 Å². The first kappa shape index (κ1) is 19.9. The van der Waals surface area contributed by atoms with Crippen molar-refractivity contribution in [3.05, 3.63) is 39.4 Å². The lowest BCUT2D eigenvalue weighted by atomic mass is 9.91. The molecule has 1 aromatic carbocycles. The molecule has 0 spiro atoms. The van der Waals surface area contributed by atoms with Crippen LogP contribution in [-0.2, 0) is 11.2 Å². The molecule has 4 rings (SSSR count). The van der Waals surface area contributed by atoms with E-state index in [9.17, 15) is 14.7 Å². The summed E-state index contributed by atoms with van der Waals surface area (Å²) >= 11 is 0. The van der Waals surface area contributed by atoms with Gasteiger partial charge in [-0.15, -0.1) is 0 Å². The summed E-state index contributed by atoms with van der Waals surface area (Å²) in [6.07, 6.45) is 3.85. The fourth-order valence-corrected chi connectivity index (χ4v) is 4.92. The highest BCUT2D eigenvalue weighted by atomic mass is 19.1. The largest absolute Gasteiger partial charge is 0.477 e. The summed E-state index contributed by atoms with van der Waals surface area (Å²) in [5.74, 6) is -1.46. The Kier molecular flexibility index (Phi) is 5.11. The van der Waals surface area contributed by atoms with Crippen LogP contribution in [0.3, 0.4) is 0 Å². The van der Waals surface area contributed by atoms with Crippen LogP contribution in [0.15, 0.2) is 17.1 Å². The van der Waals surface area contributed by atoms with Gasteiger partial charge < -0.3 is 19.3 Å². The first-order valence-corrected chi connectivity index (χ1v) is 10.3. The molecule has 3 atom stereocenters. The van der Waals surface area contributed by atoms with E-state index in [4.69, 9.17) is 4.74 Å². The van der Waals surface area contributed by atoms with Gasteiger partial charge in [0.25, 0.3) is 0 Å². The molecular weight excluding hydrogens is 375 g/mol. The van der Waals surface area contributed by atoms with Crippen LogP contribution in [-0.4, -0.2) is 41.4 Å². The molecular formula is C22H27FN2O4. The monoisotopic (exact) mass is 402 g/mol. The zero-order chi connectivity index (χ0) is 20.9. The molecule has 29 heavy (non-hydrogen) atoms. The number of halogens is 1. The maximum absolute atomic E-state index is 15.3. The highest BCUT2D eigenvalue weighted by Crippen LogP contribution is 2.39. The number of pyridine rings is 1. The number of nitrogens with zero attached hydrogens (tertiary/aromatic N) is 2. The van der Waals surface area contributed by atoms with Crippen LogP contribution in [0.2, 0.25) is 0 Å². The van der Waals surface area contributed by atoms with Crippen molar-refractivity contribution in [2.24, 2.45) is 5.92 Å². The summed E-state index contributed by atoms with van der Waals surface area (Å²) in [5, 5.41) is 9.57. The van der Waals surface area contributed by atoms with Crippen LogP contribution in [0.4, 0.5) is 10.1 Å². The van der Waals surface area contributed by atoms with Crippen LogP contribution in [0.1, 0.15) is 55.6 Å². The van der Waals surface area contributed by atoms with E-state index in [1.165, 1.54) is 12.3 Å². The SMILES string of the molecule is CCO[C@H]1CCN(c2c(F)cc3c(=O)c(C(=O)O)cn4c3c2CCC4C)CC1C. The average molecular weight is 402 g/mol. The number of carbonyl (C=O) groups is 1. The van der Waals surface area contributed by atoms with Gasteiger partial charge in [0.15, 0.2) is 0 Å². The topological polar surface area (TPSA) is 71.8 Å². The van der Waals surface area contributed by atoms with E-state index in [0.717, 1.165) is 18.4 Å². The van der Waals surface area contributed by atoms with E-state index in [2.05, 4.69) is 11.8 Å². The average Bonchev–Trinajstić information content (AvgIpc) is 2.67. The lowest BCUT2D eigenvalue weighted by Crippen LogP contribution is -2.44. The van der Waals surface area contributed by atoms with Gasteiger partial charge >= 0.3 is 5.97 Å². The van der Waals surface area contributed by atoms with Crippen molar-refractivity contribution in [2.75, 3.05) is 24.6 Å². The van der Waals surface area contributed by atoms with E-state index in [1.54, 1.807) is 0 Å². The number of aryl methyl sites for hydroxylation is 1. The Labute approximate surface area is 168 Å². The zero-order valence-corrected chi connectivity index (χ0v) is 17.1. The van der Waals surface area contributed by atoms with Crippen LogP contribution in [0.5, 0.6) is 0 Å². The van der Waals surface area contributed by atoms with E-state index >= 15 is 4.39 Å². The third-order valence-electron chi connectivity index (χ3n) is 6.38. The minimum atomic E-state index is -1.28. The fourth-order valence-electron chi connectivity index (χ4n) is 4.92. The third kappa shape index (κ3) is 3.21. The highest BCUT2D eigenvalue weighted by molar-refractivity contribution is 5.95. The number of benzene rings is 1. The van der Waals surface area contributed by atoms with E-state index < -0.39 is 17.2 Å². The van der Waals surface area contributed by atoms with Gasteiger partial charge in [-0.2, -0.15) is 0 Å². The molecule has 0 radical (unpaired) electrons. The van der Waals surface area contributed by atoms with Gasteiger partial charge in [-0.3, -0.25) is 4.79 Å². The number of anilines is 1. The van der Waals surface area contributed by atoms with Crippen molar-refractivity contribution in [1.29, 1.82) is 0 Å². The third-order valence-corrected chi connectivity index (χ3v) is 6.38. The highest BCUT2D eigenvalue weighted by Gasteiger charge is 2.32. The molecule has 7 heteroatoms. The van der Waals surface area contributed by atoms with Gasteiger partial charge in [0.1, 0.15) is 11.4 Å². The molecule has 2 aliphatic rings. The number of aromatic carboxylic acids is 1. The van der Waals surface area contributed by atoms with Crippen LogP contribution >= 0.6 is 0 Å². The minimum Gasteiger partial charge on any atom is -0.477 e. The molecule has 1 fully saturated rings. The summed E-state index contributed by atoms with van der Waals surface area (Å²) in [5.41, 5.74) is 1.12. The van der Waals surface area contributed by atoms with Crippen LogP contribution in [0, 0.1) is 11.7 Å². The molecule has 0 aliphatic carbocycles. The Morgan fingerprint density at radius 1 is 1.34 bits per heavy atom. The molecule has 1 N–H and O–H groups in total. The summed E-state index contributed by atoms with van der Waals surface area (Å²) in [7, 11) is 0. The molecule has 1 aromatic heterocycles. The molecule has 3 heterocycles. The van der Waals surface area contributed by atoms with Crippen molar-refractivity contribution < 1.29 is 19.0 Å². The van der Waals surface area contributed by atoms with Gasteiger partial charge in [0.2, 0.25) is 5.43 Å². The fraction of sp³-hybridized carbons (Fsp3) is 0.545. The number of hydrogen-bond acceptors (Lipinski definition) is 4. The Morgan fingerprint density at radius 2 is 2.10 bits per heavy atom. The first-order valence-electron chi connectivity index (χ1n) is 10.3. The van der Waals surface area contributed by atoms with Crippen molar-refractivity contribution in [3.63, 3.8) is 0 Å². The second kappa shape index (κ2) is 7.44. The van der Waals surface area contributed by atoms with E-state index in [0.29, 0.717) is 37.3 Å². The standard InChI is InChI=1S/C22H27FN2O4/c1-4-29-18-7-8-24(10-12(18)2)20-14-6-5-13(3)25-11-16(22(27)28)21(26)15(19(14)25)9-17(20)23/h9,11-13,18H,4-8,10H2,1-3H3,(H,27,28)/t12?,13?,18-/m0/s1. The molecule has 2 aromatic rings. The number of aromatic nitrogens is 1. The summed E-state index contributed by atoms with van der Waals surface area (Å²) in [6.45, 7) is 8.15. The Balaban J connectivity index is 1.88. The second-order valence-electron chi connectivity index (χ2n) is 8.26. The van der Waals surface area contributed by atoms with Crippen molar-refractivity contribution in [3.8, 4) is 0 Å². The zero-order valence-electron chi connectivity index (χ0n) is 17.1. The van der Waals surface area contributed by atoms with Gasteiger partial charge in [-0.25, -0.2) is 9.18 Å². The molecule has 0 saturated carbocycles. The molecule has 156 valence electrons. The predicted octanol–water partition coefficient (Wildman–Crippen LogP) is 3.60. The number of carboxylic acid groups (broad SMARTS) is 1. The maximum Gasteiger partial charge on any atom is 0.341 e. The normalized spacial score (nSPS) is 24.1. The molecule has 1 saturated heterocycles. The summed E-state index contributed by atoms with van der Waals surface area (Å²) in [4.78, 5) is 26.3. The number of rotatable bonds is 4. The minimum absolute atomic E-state index is 0.0459. The summed E-state index contributed by atoms with van der Waals surface area (Å²) < 4.78 is 23.0. The maximum atomic E-state index is 15.3.